The first-order valence-corrected chi connectivity index (χ1v) is 6.53. The summed E-state index contributed by atoms with van der Waals surface area (Å²) in [5.41, 5.74) is 4.55. The van der Waals surface area contributed by atoms with E-state index >= 15 is 0 Å². The lowest BCUT2D eigenvalue weighted by molar-refractivity contribution is 0.496. The van der Waals surface area contributed by atoms with Gasteiger partial charge in [0.15, 0.2) is 0 Å². The first-order chi connectivity index (χ1) is 7.93. The fourth-order valence-corrected chi connectivity index (χ4v) is 3.42. The van der Waals surface area contributed by atoms with E-state index in [4.69, 9.17) is 0 Å². The second-order valence-electron chi connectivity index (χ2n) is 5.40. The maximum Gasteiger partial charge on any atom is 0.0459 e. The van der Waals surface area contributed by atoms with Gasteiger partial charge >= 0.3 is 0 Å². The van der Waals surface area contributed by atoms with Gasteiger partial charge < -0.3 is 4.98 Å². The molecule has 16 heavy (non-hydrogen) atoms. The van der Waals surface area contributed by atoms with E-state index in [1.807, 2.05) is 0 Å². The SMILES string of the molecule is c1ccc2c3c([nH]c2c1)C(C1CC1)CCC3. The number of nitrogens with one attached hydrogen (secondary N) is 1. The number of benzene rings is 1. The normalized spacial score (nSPS) is 24.6. The van der Waals surface area contributed by atoms with Crippen molar-refractivity contribution in [3.63, 3.8) is 0 Å². The highest BCUT2D eigenvalue weighted by molar-refractivity contribution is 5.85. The molecule has 1 aromatic carbocycles. The largest absolute Gasteiger partial charge is 0.358 e. The first kappa shape index (κ1) is 8.86. The summed E-state index contributed by atoms with van der Waals surface area (Å²) in [6.07, 6.45) is 6.99. The van der Waals surface area contributed by atoms with Crippen molar-refractivity contribution in [1.82, 2.24) is 4.98 Å². The Bertz CT molecular complexity index is 533. The van der Waals surface area contributed by atoms with E-state index in [1.165, 1.54) is 43.0 Å². The van der Waals surface area contributed by atoms with E-state index in [9.17, 15) is 0 Å². The van der Waals surface area contributed by atoms with Crippen LogP contribution in [0.15, 0.2) is 24.3 Å². The highest BCUT2D eigenvalue weighted by atomic mass is 14.7. The lowest BCUT2D eigenvalue weighted by Crippen LogP contribution is -2.10. The zero-order valence-corrected chi connectivity index (χ0v) is 9.50. The van der Waals surface area contributed by atoms with Gasteiger partial charge in [-0.3, -0.25) is 0 Å². The van der Waals surface area contributed by atoms with Crippen molar-refractivity contribution in [2.45, 2.75) is 38.0 Å². The molecule has 0 aliphatic heterocycles. The lowest BCUT2D eigenvalue weighted by Gasteiger charge is -2.22. The van der Waals surface area contributed by atoms with Crippen LogP contribution in [0.5, 0.6) is 0 Å². The number of rotatable bonds is 1. The van der Waals surface area contributed by atoms with Crippen molar-refractivity contribution in [2.75, 3.05) is 0 Å². The van der Waals surface area contributed by atoms with Crippen LogP contribution in [0.2, 0.25) is 0 Å². The molecule has 1 nitrogen and oxygen atoms in total. The molecule has 0 bridgehead atoms. The van der Waals surface area contributed by atoms with E-state index in [-0.39, 0.29) is 0 Å². The molecule has 2 aliphatic carbocycles. The van der Waals surface area contributed by atoms with Crippen LogP contribution in [0.25, 0.3) is 10.9 Å². The van der Waals surface area contributed by atoms with Gasteiger partial charge in [-0.2, -0.15) is 0 Å². The molecule has 1 heteroatoms. The predicted molar refractivity (Wildman–Crippen MR) is 66.7 cm³/mol. The molecule has 2 aromatic rings. The van der Waals surface area contributed by atoms with Gasteiger partial charge in [0.2, 0.25) is 0 Å². The van der Waals surface area contributed by atoms with Crippen molar-refractivity contribution >= 4 is 10.9 Å². The van der Waals surface area contributed by atoms with Gasteiger partial charge in [-0.15, -0.1) is 0 Å². The fraction of sp³-hybridized carbons (Fsp3) is 0.467. The lowest BCUT2D eigenvalue weighted by atomic mass is 9.84. The molecule has 4 rings (SSSR count). The number of H-pyrrole nitrogens is 1. The summed E-state index contributed by atoms with van der Waals surface area (Å²) >= 11 is 0. The second kappa shape index (κ2) is 3.13. The molecular weight excluding hydrogens is 194 g/mol. The summed E-state index contributed by atoms with van der Waals surface area (Å²) in [5, 5.41) is 1.47. The smallest absolute Gasteiger partial charge is 0.0459 e. The Labute approximate surface area is 95.9 Å². The third-order valence-corrected chi connectivity index (χ3v) is 4.35. The summed E-state index contributed by atoms with van der Waals surface area (Å²) < 4.78 is 0. The molecule has 1 atom stereocenters. The van der Waals surface area contributed by atoms with Gasteiger partial charge in [0, 0.05) is 22.5 Å². The minimum Gasteiger partial charge on any atom is -0.358 e. The zero-order chi connectivity index (χ0) is 10.5. The van der Waals surface area contributed by atoms with Crippen LogP contribution in [-0.4, -0.2) is 4.98 Å². The molecule has 0 amide bonds. The molecule has 1 N–H and O–H groups in total. The number of aromatic amines is 1. The Hall–Kier alpha value is -1.24. The second-order valence-corrected chi connectivity index (χ2v) is 5.40. The summed E-state index contributed by atoms with van der Waals surface area (Å²) in [6.45, 7) is 0. The monoisotopic (exact) mass is 211 g/mol. The minimum absolute atomic E-state index is 0.844. The van der Waals surface area contributed by atoms with Crippen LogP contribution in [0.4, 0.5) is 0 Å². The predicted octanol–water partition coefficient (Wildman–Crippen LogP) is 4.00. The minimum atomic E-state index is 0.844. The molecule has 0 saturated heterocycles. The first-order valence-electron chi connectivity index (χ1n) is 6.53. The van der Waals surface area contributed by atoms with E-state index in [0.717, 1.165) is 11.8 Å². The van der Waals surface area contributed by atoms with Crippen molar-refractivity contribution < 1.29 is 0 Å². The molecular formula is C15H17N. The average Bonchev–Trinajstić information content (AvgIpc) is 3.09. The van der Waals surface area contributed by atoms with Crippen molar-refractivity contribution in [1.29, 1.82) is 0 Å². The Kier molecular flexibility index (Phi) is 1.73. The van der Waals surface area contributed by atoms with Crippen LogP contribution >= 0.6 is 0 Å². The van der Waals surface area contributed by atoms with Crippen LogP contribution in [0, 0.1) is 5.92 Å². The molecule has 1 unspecified atom stereocenters. The topological polar surface area (TPSA) is 15.8 Å². The van der Waals surface area contributed by atoms with Gasteiger partial charge in [0.05, 0.1) is 0 Å². The van der Waals surface area contributed by atoms with Gasteiger partial charge in [0.25, 0.3) is 0 Å². The van der Waals surface area contributed by atoms with Crippen LogP contribution in [0.1, 0.15) is 42.9 Å². The Balaban J connectivity index is 1.93. The van der Waals surface area contributed by atoms with E-state index in [0.29, 0.717) is 0 Å². The quantitative estimate of drug-likeness (QED) is 0.734. The number of hydrogen-bond donors (Lipinski definition) is 1. The number of para-hydroxylation sites is 1. The Morgan fingerprint density at radius 2 is 1.94 bits per heavy atom. The van der Waals surface area contributed by atoms with Gasteiger partial charge in [-0.05, 0) is 49.7 Å². The number of hydrogen-bond acceptors (Lipinski definition) is 0. The average molecular weight is 211 g/mol. The van der Waals surface area contributed by atoms with Gasteiger partial charge in [-0.25, -0.2) is 0 Å². The summed E-state index contributed by atoms with van der Waals surface area (Å²) in [4.78, 5) is 3.69. The van der Waals surface area contributed by atoms with Gasteiger partial charge in [0.1, 0.15) is 0 Å². The Morgan fingerprint density at radius 1 is 1.06 bits per heavy atom. The molecule has 1 fully saturated rings. The van der Waals surface area contributed by atoms with E-state index < -0.39 is 0 Å². The molecule has 82 valence electrons. The molecule has 1 heterocycles. The molecule has 0 radical (unpaired) electrons. The van der Waals surface area contributed by atoms with E-state index in [1.54, 1.807) is 11.3 Å². The summed E-state index contributed by atoms with van der Waals surface area (Å²) in [6, 6.07) is 8.80. The maximum atomic E-state index is 3.69. The molecule has 1 saturated carbocycles. The molecule has 1 aromatic heterocycles. The Morgan fingerprint density at radius 3 is 2.81 bits per heavy atom. The summed E-state index contributed by atoms with van der Waals surface area (Å²) in [7, 11) is 0. The third kappa shape index (κ3) is 1.17. The van der Waals surface area contributed by atoms with Crippen LogP contribution in [0.3, 0.4) is 0 Å². The van der Waals surface area contributed by atoms with Crippen molar-refractivity contribution in [3.8, 4) is 0 Å². The number of aryl methyl sites for hydroxylation is 1. The highest BCUT2D eigenvalue weighted by Crippen LogP contribution is 2.49. The maximum absolute atomic E-state index is 3.69. The van der Waals surface area contributed by atoms with Gasteiger partial charge in [-0.1, -0.05) is 18.2 Å². The molecule has 2 aliphatic rings. The van der Waals surface area contributed by atoms with Crippen molar-refractivity contribution in [3.05, 3.63) is 35.5 Å². The van der Waals surface area contributed by atoms with Crippen LogP contribution < -0.4 is 0 Å². The molecule has 0 spiro atoms. The zero-order valence-electron chi connectivity index (χ0n) is 9.50. The standard InChI is InChI=1S/C15H17N/c1-2-7-14-12(4-1)13-6-3-5-11(10-8-9-10)15(13)16-14/h1-2,4,7,10-11,16H,3,5-6,8-9H2. The fourth-order valence-electron chi connectivity index (χ4n) is 3.42. The number of aromatic nitrogens is 1. The third-order valence-electron chi connectivity index (χ3n) is 4.35. The van der Waals surface area contributed by atoms with Crippen molar-refractivity contribution in [2.24, 2.45) is 5.92 Å². The van der Waals surface area contributed by atoms with Crippen LogP contribution in [-0.2, 0) is 6.42 Å². The summed E-state index contributed by atoms with van der Waals surface area (Å²) in [5.74, 6) is 1.84. The highest BCUT2D eigenvalue weighted by Gasteiger charge is 2.36. The number of fused-ring (bicyclic) bond motifs is 3. The van der Waals surface area contributed by atoms with E-state index in [2.05, 4.69) is 29.2 Å².